The molecule has 0 amide bonds. The van der Waals surface area contributed by atoms with Crippen LogP contribution in [0.1, 0.15) is 21.5 Å². The molecule has 7 heteroatoms. The lowest BCUT2D eigenvalue weighted by Crippen LogP contribution is -2.05. The number of halogens is 1. The van der Waals surface area contributed by atoms with E-state index in [1.807, 2.05) is 12.1 Å². The maximum atomic E-state index is 11.1. The Kier molecular flexibility index (Phi) is 4.03. The van der Waals surface area contributed by atoms with Crippen molar-refractivity contribution >= 4 is 29.1 Å². The maximum absolute atomic E-state index is 11.1. The Morgan fingerprint density at radius 3 is 2.52 bits per heavy atom. The number of hydrogen-bond acceptors (Lipinski definition) is 5. The number of benzene rings is 1. The summed E-state index contributed by atoms with van der Waals surface area (Å²) >= 11 is 5.75. The van der Waals surface area contributed by atoms with Gasteiger partial charge in [-0.3, -0.25) is 0 Å². The van der Waals surface area contributed by atoms with Crippen LogP contribution >= 0.6 is 11.6 Å². The number of nitriles is 2. The topological polar surface area (TPSA) is 110 Å². The fraction of sp³-hybridized carbons (Fsp3) is 0. The number of anilines is 2. The van der Waals surface area contributed by atoms with Crippen LogP contribution in [-0.4, -0.2) is 16.1 Å². The van der Waals surface area contributed by atoms with Crippen LogP contribution in [0, 0.1) is 22.7 Å². The smallest absolute Gasteiger partial charge is 0.339 e. The lowest BCUT2D eigenvalue weighted by atomic mass is 10.1. The van der Waals surface area contributed by atoms with Crippen molar-refractivity contribution in [1.29, 1.82) is 10.5 Å². The molecule has 0 unspecified atom stereocenters. The van der Waals surface area contributed by atoms with E-state index in [1.165, 1.54) is 24.3 Å². The van der Waals surface area contributed by atoms with Gasteiger partial charge in [0.1, 0.15) is 28.7 Å². The van der Waals surface area contributed by atoms with Crippen molar-refractivity contribution in [1.82, 2.24) is 4.98 Å². The van der Waals surface area contributed by atoms with Gasteiger partial charge >= 0.3 is 5.97 Å². The standard InChI is InChI=1S/C14H7ClN4O2/c15-12-4-3-11(14(20)21)13(19-12)18-10-2-1-8(6-16)9(5-10)7-17/h1-5H,(H,18,19)(H,20,21). The minimum atomic E-state index is -1.16. The number of aromatic carboxylic acids is 1. The molecule has 102 valence electrons. The molecule has 0 bridgehead atoms. The van der Waals surface area contributed by atoms with Gasteiger partial charge in [0.2, 0.25) is 0 Å². The lowest BCUT2D eigenvalue weighted by molar-refractivity contribution is 0.0697. The number of pyridine rings is 1. The maximum Gasteiger partial charge on any atom is 0.339 e. The van der Waals surface area contributed by atoms with E-state index in [1.54, 1.807) is 6.07 Å². The Labute approximate surface area is 124 Å². The van der Waals surface area contributed by atoms with Gasteiger partial charge in [-0.25, -0.2) is 9.78 Å². The highest BCUT2D eigenvalue weighted by atomic mass is 35.5. The first-order valence-corrected chi connectivity index (χ1v) is 6.04. The molecule has 1 heterocycles. The molecule has 2 aromatic rings. The van der Waals surface area contributed by atoms with E-state index in [4.69, 9.17) is 27.2 Å². The van der Waals surface area contributed by atoms with E-state index >= 15 is 0 Å². The molecule has 1 aromatic heterocycles. The Morgan fingerprint density at radius 1 is 1.19 bits per heavy atom. The van der Waals surface area contributed by atoms with Gasteiger partial charge in [-0.2, -0.15) is 10.5 Å². The first-order chi connectivity index (χ1) is 10.0. The van der Waals surface area contributed by atoms with Crippen LogP contribution in [-0.2, 0) is 0 Å². The molecule has 0 saturated carbocycles. The molecular formula is C14H7ClN4O2. The molecule has 21 heavy (non-hydrogen) atoms. The highest BCUT2D eigenvalue weighted by molar-refractivity contribution is 6.29. The second-order valence-corrected chi connectivity index (χ2v) is 4.33. The predicted octanol–water partition coefficient (Wildman–Crippen LogP) is 2.92. The molecule has 2 N–H and O–H groups in total. The summed E-state index contributed by atoms with van der Waals surface area (Å²) < 4.78 is 0. The van der Waals surface area contributed by atoms with Crippen LogP contribution in [0.15, 0.2) is 30.3 Å². The molecule has 0 aliphatic rings. The van der Waals surface area contributed by atoms with Crippen molar-refractivity contribution in [3.8, 4) is 12.1 Å². The van der Waals surface area contributed by atoms with Gasteiger partial charge in [-0.15, -0.1) is 0 Å². The first kappa shape index (κ1) is 14.3. The van der Waals surface area contributed by atoms with E-state index in [-0.39, 0.29) is 27.7 Å². The highest BCUT2D eigenvalue weighted by Crippen LogP contribution is 2.23. The molecule has 0 saturated heterocycles. The van der Waals surface area contributed by atoms with Gasteiger partial charge in [0.05, 0.1) is 11.1 Å². The van der Waals surface area contributed by atoms with Crippen molar-refractivity contribution in [2.45, 2.75) is 0 Å². The molecule has 0 aliphatic carbocycles. The second kappa shape index (κ2) is 5.91. The third-order valence-electron chi connectivity index (χ3n) is 2.61. The zero-order chi connectivity index (χ0) is 15.4. The Bertz CT molecular complexity index is 806. The number of nitrogens with zero attached hydrogens (tertiary/aromatic N) is 3. The summed E-state index contributed by atoms with van der Waals surface area (Å²) in [6, 6.07) is 10.9. The molecule has 0 aliphatic heterocycles. The van der Waals surface area contributed by atoms with Gasteiger partial charge in [-0.05, 0) is 30.3 Å². The second-order valence-electron chi connectivity index (χ2n) is 3.94. The van der Waals surface area contributed by atoms with Crippen molar-refractivity contribution in [2.75, 3.05) is 5.32 Å². The molecule has 0 atom stereocenters. The summed E-state index contributed by atoms with van der Waals surface area (Å²) in [6.07, 6.45) is 0. The van der Waals surface area contributed by atoms with Gasteiger partial charge in [0, 0.05) is 5.69 Å². The number of carboxylic acid groups (broad SMARTS) is 1. The molecule has 0 radical (unpaired) electrons. The molecule has 0 fully saturated rings. The SMILES string of the molecule is N#Cc1ccc(Nc2nc(Cl)ccc2C(=O)O)cc1C#N. The number of nitrogens with one attached hydrogen (secondary N) is 1. The van der Waals surface area contributed by atoms with Crippen molar-refractivity contribution in [2.24, 2.45) is 0 Å². The summed E-state index contributed by atoms with van der Waals surface area (Å²) in [5.74, 6) is -1.10. The van der Waals surface area contributed by atoms with Crippen molar-refractivity contribution in [3.63, 3.8) is 0 Å². The zero-order valence-corrected chi connectivity index (χ0v) is 11.2. The summed E-state index contributed by atoms with van der Waals surface area (Å²) in [5, 5.41) is 29.8. The Hall–Kier alpha value is -3.09. The first-order valence-electron chi connectivity index (χ1n) is 5.66. The van der Waals surface area contributed by atoms with E-state index in [0.717, 1.165) is 0 Å². The highest BCUT2D eigenvalue weighted by Gasteiger charge is 2.13. The van der Waals surface area contributed by atoms with Gasteiger partial charge in [0.15, 0.2) is 0 Å². The predicted molar refractivity (Wildman–Crippen MR) is 75.4 cm³/mol. The van der Waals surface area contributed by atoms with Crippen LogP contribution in [0.3, 0.4) is 0 Å². The van der Waals surface area contributed by atoms with Crippen LogP contribution in [0.4, 0.5) is 11.5 Å². The number of carbonyl (C=O) groups is 1. The van der Waals surface area contributed by atoms with Crippen LogP contribution in [0.2, 0.25) is 5.15 Å². The molecule has 2 rings (SSSR count). The number of rotatable bonds is 3. The summed E-state index contributed by atoms with van der Waals surface area (Å²) in [5.41, 5.74) is 0.798. The summed E-state index contributed by atoms with van der Waals surface area (Å²) in [4.78, 5) is 15.0. The average molecular weight is 299 g/mol. The lowest BCUT2D eigenvalue weighted by Gasteiger charge is -2.09. The van der Waals surface area contributed by atoms with Crippen LogP contribution < -0.4 is 5.32 Å². The van der Waals surface area contributed by atoms with E-state index < -0.39 is 5.97 Å². The fourth-order valence-electron chi connectivity index (χ4n) is 1.65. The normalized spacial score (nSPS) is 9.48. The third kappa shape index (κ3) is 3.08. The van der Waals surface area contributed by atoms with E-state index in [2.05, 4.69) is 10.3 Å². The molecule has 0 spiro atoms. The largest absolute Gasteiger partial charge is 0.478 e. The van der Waals surface area contributed by atoms with E-state index in [0.29, 0.717) is 5.69 Å². The Morgan fingerprint density at radius 2 is 1.90 bits per heavy atom. The van der Waals surface area contributed by atoms with Gasteiger partial charge in [0.25, 0.3) is 0 Å². The minimum absolute atomic E-state index is 0.0535. The Balaban J connectivity index is 2.44. The fourth-order valence-corrected chi connectivity index (χ4v) is 1.80. The van der Waals surface area contributed by atoms with Gasteiger partial charge in [-0.1, -0.05) is 11.6 Å². The molecule has 6 nitrogen and oxygen atoms in total. The monoisotopic (exact) mass is 298 g/mol. The number of hydrogen-bond donors (Lipinski definition) is 2. The minimum Gasteiger partial charge on any atom is -0.478 e. The quantitative estimate of drug-likeness (QED) is 0.843. The summed E-state index contributed by atoms with van der Waals surface area (Å²) in [7, 11) is 0. The van der Waals surface area contributed by atoms with Gasteiger partial charge < -0.3 is 10.4 Å². The number of carboxylic acids is 1. The van der Waals surface area contributed by atoms with Crippen LogP contribution in [0.5, 0.6) is 0 Å². The third-order valence-corrected chi connectivity index (χ3v) is 2.83. The zero-order valence-electron chi connectivity index (χ0n) is 10.5. The van der Waals surface area contributed by atoms with Crippen LogP contribution in [0.25, 0.3) is 0 Å². The van der Waals surface area contributed by atoms with Crippen molar-refractivity contribution < 1.29 is 9.90 Å². The van der Waals surface area contributed by atoms with E-state index in [9.17, 15) is 4.79 Å². The molecular weight excluding hydrogens is 292 g/mol. The summed E-state index contributed by atoms with van der Waals surface area (Å²) in [6.45, 7) is 0. The average Bonchev–Trinajstić information content (AvgIpc) is 2.46. The number of aromatic nitrogens is 1. The van der Waals surface area contributed by atoms with Crippen molar-refractivity contribution in [3.05, 3.63) is 52.2 Å². The molecule has 1 aromatic carbocycles.